The van der Waals surface area contributed by atoms with Crippen molar-refractivity contribution in [1.29, 1.82) is 0 Å². The second-order valence-electron chi connectivity index (χ2n) is 11.1. The third-order valence-corrected chi connectivity index (χ3v) is 10.6. The fraction of sp³-hybridized carbons (Fsp3) is 0.552. The molecule has 5 rings (SSSR count). The first kappa shape index (κ1) is 32.4. The molecule has 3 N–H and O–H groups in total. The quantitative estimate of drug-likeness (QED) is 0.282. The fourth-order valence-corrected chi connectivity index (χ4v) is 7.32. The van der Waals surface area contributed by atoms with E-state index in [0.29, 0.717) is 47.1 Å². The van der Waals surface area contributed by atoms with Gasteiger partial charge in [-0.1, -0.05) is 48.4 Å². The Morgan fingerprint density at radius 2 is 1.84 bits per heavy atom. The first-order valence-corrected chi connectivity index (χ1v) is 16.4. The zero-order chi connectivity index (χ0) is 31.5. The summed E-state index contributed by atoms with van der Waals surface area (Å²) in [6.45, 7) is 10.8. The first-order chi connectivity index (χ1) is 21.1. The van der Waals surface area contributed by atoms with Gasteiger partial charge < -0.3 is 29.9 Å². The first-order valence-electron chi connectivity index (χ1n) is 14.8. The molecule has 2 saturated heterocycles. The Bertz CT molecular complexity index is 1470. The fourth-order valence-electron chi connectivity index (χ4n) is 5.95. The lowest BCUT2D eigenvalue weighted by molar-refractivity contribution is 0.0540. The van der Waals surface area contributed by atoms with Gasteiger partial charge in [0.1, 0.15) is 27.8 Å². The number of halogens is 2. The number of piperazine rings is 1. The van der Waals surface area contributed by atoms with E-state index in [4.69, 9.17) is 32.9 Å². The van der Waals surface area contributed by atoms with Crippen LogP contribution >= 0.6 is 34.5 Å². The zero-order valence-corrected chi connectivity index (χ0v) is 27.6. The molecule has 2 aliphatic rings. The number of aromatic carboxylic acids is 1. The van der Waals surface area contributed by atoms with Gasteiger partial charge in [0.25, 0.3) is 5.91 Å². The number of ether oxygens (including phenoxy) is 1. The van der Waals surface area contributed by atoms with E-state index in [1.165, 1.54) is 0 Å². The number of thiazole rings is 1. The lowest BCUT2D eigenvalue weighted by Crippen LogP contribution is -2.55. The Balaban J connectivity index is 1.26. The predicted octanol–water partition coefficient (Wildman–Crippen LogP) is 4.58. The van der Waals surface area contributed by atoms with Crippen molar-refractivity contribution in [3.05, 3.63) is 38.7 Å². The van der Waals surface area contributed by atoms with Crippen LogP contribution in [-0.4, -0.2) is 106 Å². The highest BCUT2D eigenvalue weighted by atomic mass is 35.5. The number of amides is 1. The number of hydrogen-bond acceptors (Lipinski definition) is 10. The van der Waals surface area contributed by atoms with E-state index in [-0.39, 0.29) is 39.3 Å². The summed E-state index contributed by atoms with van der Waals surface area (Å²) >= 11 is 13.5. The minimum absolute atomic E-state index is 0.0962. The molecule has 0 aromatic carbocycles. The summed E-state index contributed by atoms with van der Waals surface area (Å²) in [4.78, 5) is 48.8. The topological polar surface area (TPSA) is 140 Å². The molecule has 5 heterocycles. The number of nitrogens with one attached hydrogen (secondary N) is 2. The monoisotopic (exact) mass is 664 g/mol. The molecular formula is C29H38Cl2N8O4S. The van der Waals surface area contributed by atoms with Crippen LogP contribution < -0.4 is 15.1 Å². The molecule has 1 amide bonds. The number of rotatable bonds is 10. The smallest absolute Gasteiger partial charge is 0.348 e. The van der Waals surface area contributed by atoms with E-state index < -0.39 is 5.97 Å². The molecule has 0 radical (unpaired) electrons. The number of carboxylic acid groups (broad SMARTS) is 1. The molecule has 0 unspecified atom stereocenters. The number of piperidine rings is 1. The van der Waals surface area contributed by atoms with E-state index in [0.717, 1.165) is 56.2 Å². The minimum atomic E-state index is -1.07. The van der Waals surface area contributed by atoms with Crippen LogP contribution in [0.4, 0.5) is 10.9 Å². The average molecular weight is 666 g/mol. The maximum Gasteiger partial charge on any atom is 0.348 e. The zero-order valence-electron chi connectivity index (χ0n) is 25.3. The molecule has 0 aliphatic carbocycles. The number of H-pyrrole nitrogens is 1. The van der Waals surface area contributed by atoms with Crippen molar-refractivity contribution in [2.24, 2.45) is 0 Å². The van der Waals surface area contributed by atoms with Gasteiger partial charge in [0.15, 0.2) is 5.13 Å². The summed E-state index contributed by atoms with van der Waals surface area (Å²) in [5.41, 5.74) is 1.52. The number of aryl methyl sites for hydroxylation is 1. The van der Waals surface area contributed by atoms with E-state index in [9.17, 15) is 14.7 Å². The SMILES string of the molecule is CCC(CC)N1CCN(c2cnc(-c3nc(N4CC[C@@H](NC(=O)c5[nH]c(C)c(Cl)c5Cl)[C@@H](OC)C4)sc3C(=O)O)cn2)CC1. The number of hydrogen-bond donors (Lipinski definition) is 3. The maximum absolute atomic E-state index is 12.9. The summed E-state index contributed by atoms with van der Waals surface area (Å²) in [7, 11) is 1.58. The van der Waals surface area contributed by atoms with Crippen molar-refractivity contribution >= 4 is 57.4 Å². The molecule has 2 atom stereocenters. The Kier molecular flexibility index (Phi) is 10.3. The molecule has 3 aromatic rings. The Hall–Kier alpha value is -2.97. The third-order valence-electron chi connectivity index (χ3n) is 8.52. The standard InChI is InChI=1S/C29H38Cl2N8O4S/c1-5-17(6-2)37-9-11-38(12-10-37)21-14-32-19(13-33-21)24-26(28(41)42)44-29(36-24)39-8-7-18(20(15-39)43-4)35-27(40)25-23(31)22(30)16(3)34-25/h13-14,17-18,20,34H,5-12,15H2,1-4H3,(H,35,40)(H,41,42)/t18-,20+/m1/s1. The van der Waals surface area contributed by atoms with Crippen LogP contribution in [0.3, 0.4) is 0 Å². The molecule has 2 aliphatic heterocycles. The lowest BCUT2D eigenvalue weighted by atomic mass is 10.0. The second-order valence-corrected chi connectivity index (χ2v) is 12.8. The van der Waals surface area contributed by atoms with Gasteiger partial charge in [-0.25, -0.2) is 19.7 Å². The van der Waals surface area contributed by atoms with Crippen LogP contribution in [0.25, 0.3) is 11.4 Å². The van der Waals surface area contributed by atoms with Gasteiger partial charge in [0.05, 0.1) is 34.6 Å². The van der Waals surface area contributed by atoms with Crippen LogP contribution in [0.5, 0.6) is 0 Å². The number of methoxy groups -OCH3 is 1. The van der Waals surface area contributed by atoms with Gasteiger partial charge in [-0.15, -0.1) is 0 Å². The predicted molar refractivity (Wildman–Crippen MR) is 173 cm³/mol. The van der Waals surface area contributed by atoms with Gasteiger partial charge in [-0.2, -0.15) is 0 Å². The number of aromatic amines is 1. The van der Waals surface area contributed by atoms with Crippen molar-refractivity contribution in [3.8, 4) is 11.4 Å². The molecule has 3 aromatic heterocycles. The number of nitrogens with zero attached hydrogens (tertiary/aromatic N) is 6. The summed E-state index contributed by atoms with van der Waals surface area (Å²) in [6.07, 6.45) is 5.77. The summed E-state index contributed by atoms with van der Waals surface area (Å²) in [6, 6.07) is 0.311. The molecule has 44 heavy (non-hydrogen) atoms. The summed E-state index contributed by atoms with van der Waals surface area (Å²) in [5, 5.41) is 14.0. The largest absolute Gasteiger partial charge is 0.477 e. The molecule has 0 saturated carbocycles. The molecular weight excluding hydrogens is 627 g/mol. The maximum atomic E-state index is 12.9. The molecule has 12 nitrogen and oxygen atoms in total. The second kappa shape index (κ2) is 14.0. The number of carboxylic acids is 1. The number of carbonyl (C=O) groups is 2. The van der Waals surface area contributed by atoms with Gasteiger partial charge in [-0.05, 0) is 26.2 Å². The van der Waals surface area contributed by atoms with Crippen LogP contribution in [-0.2, 0) is 4.74 Å². The average Bonchev–Trinajstić information content (AvgIpc) is 3.60. The summed E-state index contributed by atoms with van der Waals surface area (Å²) < 4.78 is 5.73. The number of anilines is 2. The molecule has 238 valence electrons. The van der Waals surface area contributed by atoms with Crippen LogP contribution in [0.15, 0.2) is 12.4 Å². The highest BCUT2D eigenvalue weighted by molar-refractivity contribution is 7.17. The summed E-state index contributed by atoms with van der Waals surface area (Å²) in [5.74, 6) is -0.671. The van der Waals surface area contributed by atoms with Crippen molar-refractivity contribution < 1.29 is 19.4 Å². The Morgan fingerprint density at radius 1 is 1.11 bits per heavy atom. The minimum Gasteiger partial charge on any atom is -0.477 e. The van der Waals surface area contributed by atoms with Crippen molar-refractivity contribution in [1.82, 2.24) is 30.2 Å². The highest BCUT2D eigenvalue weighted by Crippen LogP contribution is 2.35. The van der Waals surface area contributed by atoms with Gasteiger partial charge in [0.2, 0.25) is 0 Å². The van der Waals surface area contributed by atoms with Crippen LogP contribution in [0.2, 0.25) is 10.0 Å². The molecule has 0 spiro atoms. The molecule has 2 fully saturated rings. The Labute approximate surface area is 270 Å². The lowest BCUT2D eigenvalue weighted by Gasteiger charge is -2.39. The van der Waals surface area contributed by atoms with E-state index >= 15 is 0 Å². The van der Waals surface area contributed by atoms with E-state index in [1.807, 2.05) is 4.90 Å². The number of carbonyl (C=O) groups excluding carboxylic acids is 1. The number of aromatic nitrogens is 4. The van der Waals surface area contributed by atoms with Gasteiger partial charge in [0, 0.05) is 58.1 Å². The third kappa shape index (κ3) is 6.66. The molecule has 0 bridgehead atoms. The van der Waals surface area contributed by atoms with Crippen molar-refractivity contribution in [2.45, 2.75) is 58.2 Å². The van der Waals surface area contributed by atoms with E-state index in [2.05, 4.69) is 43.9 Å². The van der Waals surface area contributed by atoms with Crippen LogP contribution in [0, 0.1) is 6.92 Å². The Morgan fingerprint density at radius 3 is 2.41 bits per heavy atom. The van der Waals surface area contributed by atoms with Crippen molar-refractivity contribution in [3.63, 3.8) is 0 Å². The van der Waals surface area contributed by atoms with Crippen molar-refractivity contribution in [2.75, 3.05) is 56.2 Å². The van der Waals surface area contributed by atoms with E-state index in [1.54, 1.807) is 26.4 Å². The molecule has 15 heteroatoms. The van der Waals surface area contributed by atoms with Gasteiger partial charge in [-0.3, -0.25) is 9.69 Å². The van der Waals surface area contributed by atoms with Crippen LogP contribution in [0.1, 0.15) is 59.0 Å². The normalized spacial score (nSPS) is 19.5. The highest BCUT2D eigenvalue weighted by Gasteiger charge is 2.34. The van der Waals surface area contributed by atoms with Gasteiger partial charge >= 0.3 is 5.97 Å².